The van der Waals surface area contributed by atoms with Gasteiger partial charge in [-0.1, -0.05) is 48.0 Å². The van der Waals surface area contributed by atoms with Crippen LogP contribution in [0.3, 0.4) is 0 Å². The highest BCUT2D eigenvalue weighted by Crippen LogP contribution is 2.24. The minimum Gasteiger partial charge on any atom is -0.352 e. The van der Waals surface area contributed by atoms with E-state index in [4.69, 9.17) is 11.6 Å². The lowest BCUT2D eigenvalue weighted by Crippen LogP contribution is -2.26. The van der Waals surface area contributed by atoms with Gasteiger partial charge in [-0.25, -0.2) is 12.8 Å². The third-order valence-corrected chi connectivity index (χ3v) is 5.86. The first-order valence-corrected chi connectivity index (χ1v) is 10.6. The SMILES string of the molecule is O=C(NCCc1ccccc1F)c1cccc(S(=O)(=O)Nc2ccccc2Cl)c1. The van der Waals surface area contributed by atoms with Crippen LogP contribution in [0.15, 0.2) is 77.7 Å². The molecule has 5 nitrogen and oxygen atoms in total. The number of amides is 1. The molecule has 0 saturated heterocycles. The van der Waals surface area contributed by atoms with Gasteiger partial charge in [0.1, 0.15) is 5.82 Å². The van der Waals surface area contributed by atoms with Crippen LogP contribution in [0.5, 0.6) is 0 Å². The minimum atomic E-state index is -3.92. The van der Waals surface area contributed by atoms with Gasteiger partial charge in [-0.15, -0.1) is 0 Å². The first kappa shape index (κ1) is 20.8. The first-order chi connectivity index (χ1) is 13.9. The van der Waals surface area contributed by atoms with Crippen molar-refractivity contribution in [3.05, 3.63) is 94.8 Å². The van der Waals surface area contributed by atoms with Crippen LogP contribution in [0.1, 0.15) is 15.9 Å². The summed E-state index contributed by atoms with van der Waals surface area (Å²) >= 11 is 6.00. The highest BCUT2D eigenvalue weighted by molar-refractivity contribution is 7.92. The van der Waals surface area contributed by atoms with Crippen LogP contribution in [0.2, 0.25) is 5.02 Å². The average Bonchev–Trinajstić information content (AvgIpc) is 2.71. The number of benzene rings is 3. The van der Waals surface area contributed by atoms with Gasteiger partial charge in [0.2, 0.25) is 0 Å². The smallest absolute Gasteiger partial charge is 0.261 e. The summed E-state index contributed by atoms with van der Waals surface area (Å²) in [6.45, 7) is 0.217. The Hall–Kier alpha value is -2.90. The number of sulfonamides is 1. The van der Waals surface area contributed by atoms with Crippen LogP contribution in [0.25, 0.3) is 0 Å². The van der Waals surface area contributed by atoms with Gasteiger partial charge in [0.25, 0.3) is 15.9 Å². The first-order valence-electron chi connectivity index (χ1n) is 8.76. The molecule has 0 saturated carbocycles. The van der Waals surface area contributed by atoms with Gasteiger partial charge in [0.15, 0.2) is 0 Å². The fourth-order valence-electron chi connectivity index (χ4n) is 2.67. The van der Waals surface area contributed by atoms with E-state index >= 15 is 0 Å². The highest BCUT2D eigenvalue weighted by Gasteiger charge is 2.17. The van der Waals surface area contributed by atoms with Gasteiger partial charge in [0.05, 0.1) is 15.6 Å². The Morgan fingerprint density at radius 2 is 1.69 bits per heavy atom. The van der Waals surface area contributed by atoms with Crippen molar-refractivity contribution in [3.8, 4) is 0 Å². The van der Waals surface area contributed by atoms with Crippen molar-refractivity contribution < 1.29 is 17.6 Å². The Bertz CT molecular complexity index is 1140. The van der Waals surface area contributed by atoms with Crippen molar-refractivity contribution in [1.82, 2.24) is 5.32 Å². The summed E-state index contributed by atoms with van der Waals surface area (Å²) in [4.78, 5) is 12.3. The molecule has 0 atom stereocenters. The van der Waals surface area contributed by atoms with Crippen LogP contribution in [0.4, 0.5) is 10.1 Å². The van der Waals surface area contributed by atoms with Gasteiger partial charge in [0, 0.05) is 12.1 Å². The molecule has 3 rings (SSSR count). The number of anilines is 1. The fourth-order valence-corrected chi connectivity index (χ4v) is 4.03. The molecule has 1 amide bonds. The standard InChI is InChI=1S/C21H18ClFN2O3S/c22-18-9-2-4-11-20(18)25-29(27,28)17-8-5-7-16(14-17)21(26)24-13-12-15-6-1-3-10-19(15)23/h1-11,14,25H,12-13H2,(H,24,26). The second-order valence-electron chi connectivity index (χ2n) is 6.21. The summed E-state index contributed by atoms with van der Waals surface area (Å²) < 4.78 is 41.3. The maximum absolute atomic E-state index is 13.6. The summed E-state index contributed by atoms with van der Waals surface area (Å²) in [7, 11) is -3.92. The zero-order valence-electron chi connectivity index (χ0n) is 15.2. The molecule has 29 heavy (non-hydrogen) atoms. The van der Waals surface area contributed by atoms with E-state index in [0.29, 0.717) is 12.0 Å². The van der Waals surface area contributed by atoms with E-state index in [1.54, 1.807) is 42.5 Å². The maximum Gasteiger partial charge on any atom is 0.261 e. The summed E-state index contributed by atoms with van der Waals surface area (Å²) in [5.41, 5.74) is 0.919. The van der Waals surface area contributed by atoms with Crippen LogP contribution in [-0.4, -0.2) is 20.9 Å². The molecule has 0 aliphatic rings. The summed E-state index contributed by atoms with van der Waals surface area (Å²) in [6, 6.07) is 18.4. The largest absolute Gasteiger partial charge is 0.352 e. The Morgan fingerprint density at radius 3 is 2.45 bits per heavy atom. The number of hydrogen-bond donors (Lipinski definition) is 2. The van der Waals surface area contributed by atoms with E-state index in [-0.39, 0.29) is 33.5 Å². The van der Waals surface area contributed by atoms with Crippen LogP contribution < -0.4 is 10.0 Å². The number of nitrogens with one attached hydrogen (secondary N) is 2. The molecule has 0 spiro atoms. The molecule has 3 aromatic rings. The van der Waals surface area contributed by atoms with E-state index in [1.807, 2.05) is 0 Å². The topological polar surface area (TPSA) is 75.3 Å². The Balaban J connectivity index is 1.69. The molecule has 0 fully saturated rings. The lowest BCUT2D eigenvalue weighted by atomic mass is 10.1. The zero-order chi connectivity index (χ0) is 20.9. The van der Waals surface area contributed by atoms with Crippen molar-refractivity contribution in [2.45, 2.75) is 11.3 Å². The van der Waals surface area contributed by atoms with Crippen molar-refractivity contribution >= 4 is 33.2 Å². The monoisotopic (exact) mass is 432 g/mol. The number of halogens is 2. The highest BCUT2D eigenvalue weighted by atomic mass is 35.5. The molecule has 0 bridgehead atoms. The van der Waals surface area contributed by atoms with Crippen molar-refractivity contribution in [2.75, 3.05) is 11.3 Å². The van der Waals surface area contributed by atoms with Gasteiger partial charge in [-0.2, -0.15) is 0 Å². The number of hydrogen-bond acceptors (Lipinski definition) is 3. The molecule has 0 aliphatic carbocycles. The van der Waals surface area contributed by atoms with E-state index in [1.165, 1.54) is 30.3 Å². The second kappa shape index (κ2) is 9.07. The van der Waals surface area contributed by atoms with Crippen molar-refractivity contribution in [2.24, 2.45) is 0 Å². The van der Waals surface area contributed by atoms with Gasteiger partial charge in [-0.3, -0.25) is 9.52 Å². The molecule has 2 N–H and O–H groups in total. The fraction of sp³-hybridized carbons (Fsp3) is 0.0952. The molecular weight excluding hydrogens is 415 g/mol. The van der Waals surface area contributed by atoms with Crippen molar-refractivity contribution in [3.63, 3.8) is 0 Å². The lowest BCUT2D eigenvalue weighted by molar-refractivity contribution is 0.0954. The van der Waals surface area contributed by atoms with Gasteiger partial charge in [-0.05, 0) is 48.4 Å². The number of para-hydroxylation sites is 1. The minimum absolute atomic E-state index is 0.0702. The van der Waals surface area contributed by atoms with E-state index in [2.05, 4.69) is 10.0 Å². The molecule has 150 valence electrons. The molecular formula is C21H18ClFN2O3S. The Labute approximate surface area is 173 Å². The van der Waals surface area contributed by atoms with E-state index in [9.17, 15) is 17.6 Å². The Kier molecular flexibility index (Phi) is 6.51. The number of carbonyl (C=O) groups excluding carboxylic acids is 1. The molecule has 0 heterocycles. The number of rotatable bonds is 7. The summed E-state index contributed by atoms with van der Waals surface area (Å²) in [6.07, 6.45) is 0.324. The molecule has 3 aromatic carbocycles. The van der Waals surface area contributed by atoms with Crippen molar-refractivity contribution in [1.29, 1.82) is 0 Å². The summed E-state index contributed by atoms with van der Waals surface area (Å²) in [5, 5.41) is 2.93. The molecule has 0 aromatic heterocycles. The second-order valence-corrected chi connectivity index (χ2v) is 8.30. The maximum atomic E-state index is 13.6. The Morgan fingerprint density at radius 1 is 0.966 bits per heavy atom. The van der Waals surface area contributed by atoms with Gasteiger partial charge >= 0.3 is 0 Å². The zero-order valence-corrected chi connectivity index (χ0v) is 16.8. The van der Waals surface area contributed by atoms with E-state index < -0.39 is 15.9 Å². The number of carbonyl (C=O) groups is 1. The summed E-state index contributed by atoms with van der Waals surface area (Å²) in [5.74, 6) is -0.781. The molecule has 8 heteroatoms. The predicted molar refractivity (Wildman–Crippen MR) is 111 cm³/mol. The molecule has 0 unspecified atom stereocenters. The average molecular weight is 433 g/mol. The quantitative estimate of drug-likeness (QED) is 0.586. The molecule has 0 radical (unpaired) electrons. The van der Waals surface area contributed by atoms with E-state index in [0.717, 1.165) is 0 Å². The predicted octanol–water partition coefficient (Wildman–Crippen LogP) is 4.25. The van der Waals surface area contributed by atoms with Crippen LogP contribution in [-0.2, 0) is 16.4 Å². The van der Waals surface area contributed by atoms with Crippen LogP contribution >= 0.6 is 11.6 Å². The molecule has 0 aliphatic heterocycles. The third kappa shape index (κ3) is 5.34. The third-order valence-electron chi connectivity index (χ3n) is 4.16. The lowest BCUT2D eigenvalue weighted by Gasteiger charge is -2.11. The normalized spacial score (nSPS) is 11.1. The van der Waals surface area contributed by atoms with Crippen LogP contribution in [0, 0.1) is 5.82 Å². The van der Waals surface area contributed by atoms with Gasteiger partial charge < -0.3 is 5.32 Å².